The zero-order valence-electron chi connectivity index (χ0n) is 11.9. The van der Waals surface area contributed by atoms with Crippen LogP contribution in [0, 0.1) is 0 Å². The van der Waals surface area contributed by atoms with Crippen LogP contribution in [0.2, 0.25) is 0 Å². The van der Waals surface area contributed by atoms with Gasteiger partial charge in [-0.15, -0.1) is 0 Å². The van der Waals surface area contributed by atoms with Crippen molar-refractivity contribution in [2.45, 2.75) is 6.92 Å². The van der Waals surface area contributed by atoms with E-state index in [1.807, 2.05) is 24.3 Å². The summed E-state index contributed by atoms with van der Waals surface area (Å²) in [6, 6.07) is 10.7. The third kappa shape index (κ3) is 1.56. The van der Waals surface area contributed by atoms with Gasteiger partial charge in [0.15, 0.2) is 0 Å². The summed E-state index contributed by atoms with van der Waals surface area (Å²) in [6.45, 7) is 2.05. The number of carbonyl (C=O) groups is 1. The van der Waals surface area contributed by atoms with Gasteiger partial charge in [0.1, 0.15) is 0 Å². The number of para-hydroxylation sites is 1. The lowest BCUT2D eigenvalue weighted by molar-refractivity contribution is 0.0528. The number of benzene rings is 1. The summed E-state index contributed by atoms with van der Waals surface area (Å²) in [4.78, 5) is 28.8. The van der Waals surface area contributed by atoms with Gasteiger partial charge >= 0.3 is 5.97 Å². The van der Waals surface area contributed by atoms with E-state index in [2.05, 4.69) is 4.98 Å². The van der Waals surface area contributed by atoms with Gasteiger partial charge in [-0.1, -0.05) is 18.2 Å². The molecule has 0 amide bonds. The number of esters is 1. The van der Waals surface area contributed by atoms with Crippen molar-refractivity contribution in [3.05, 3.63) is 58.5 Å². The lowest BCUT2D eigenvalue weighted by atomic mass is 10.1. The zero-order chi connectivity index (χ0) is 15.3. The molecular formula is C17H12N2O3. The third-order valence-corrected chi connectivity index (χ3v) is 3.82. The van der Waals surface area contributed by atoms with Gasteiger partial charge in [-0.2, -0.15) is 0 Å². The molecule has 108 valence electrons. The topological polar surface area (TPSA) is 60.7 Å². The van der Waals surface area contributed by atoms with Crippen LogP contribution in [0.5, 0.6) is 0 Å². The molecule has 1 aromatic carbocycles. The molecule has 3 aromatic heterocycles. The molecule has 0 atom stereocenters. The molecule has 0 N–H and O–H groups in total. The first kappa shape index (κ1) is 12.8. The molecule has 0 bridgehead atoms. The highest BCUT2D eigenvalue weighted by Gasteiger charge is 2.20. The van der Waals surface area contributed by atoms with Gasteiger partial charge in [-0.05, 0) is 19.1 Å². The Morgan fingerprint density at radius 3 is 2.86 bits per heavy atom. The number of pyridine rings is 2. The molecule has 22 heavy (non-hydrogen) atoms. The molecule has 5 nitrogen and oxygen atoms in total. The predicted molar refractivity (Wildman–Crippen MR) is 83.6 cm³/mol. The van der Waals surface area contributed by atoms with Crippen LogP contribution >= 0.6 is 0 Å². The lowest BCUT2D eigenvalue weighted by Gasteiger charge is -2.05. The number of ether oxygens (including phenoxy) is 1. The molecule has 3 heterocycles. The number of rotatable bonds is 2. The van der Waals surface area contributed by atoms with Gasteiger partial charge in [0.25, 0.3) is 5.56 Å². The Bertz CT molecular complexity index is 1080. The monoisotopic (exact) mass is 292 g/mol. The highest BCUT2D eigenvalue weighted by atomic mass is 16.5. The van der Waals surface area contributed by atoms with Crippen molar-refractivity contribution in [1.29, 1.82) is 0 Å². The smallest absolute Gasteiger partial charge is 0.340 e. The Balaban J connectivity index is 2.29. The van der Waals surface area contributed by atoms with Crippen molar-refractivity contribution in [1.82, 2.24) is 9.38 Å². The van der Waals surface area contributed by atoms with Crippen molar-refractivity contribution in [3.63, 3.8) is 0 Å². The summed E-state index contributed by atoms with van der Waals surface area (Å²) in [5.41, 5.74) is 2.37. The molecule has 0 saturated heterocycles. The first-order valence-corrected chi connectivity index (χ1v) is 7.04. The maximum atomic E-state index is 12.3. The first-order chi connectivity index (χ1) is 10.7. The van der Waals surface area contributed by atoms with Crippen LogP contribution < -0.4 is 5.56 Å². The Morgan fingerprint density at radius 2 is 2.05 bits per heavy atom. The van der Waals surface area contributed by atoms with Crippen LogP contribution in [0.1, 0.15) is 17.3 Å². The number of hydrogen-bond donors (Lipinski definition) is 0. The maximum Gasteiger partial charge on any atom is 0.340 e. The van der Waals surface area contributed by atoms with Gasteiger partial charge in [-0.25, -0.2) is 4.79 Å². The minimum absolute atomic E-state index is 0.137. The first-order valence-electron chi connectivity index (χ1n) is 7.04. The fourth-order valence-corrected chi connectivity index (χ4v) is 2.95. The molecule has 4 aromatic rings. The second-order valence-electron chi connectivity index (χ2n) is 5.03. The van der Waals surface area contributed by atoms with Crippen molar-refractivity contribution >= 4 is 33.3 Å². The zero-order valence-corrected chi connectivity index (χ0v) is 11.9. The normalized spacial score (nSPS) is 11.5. The van der Waals surface area contributed by atoms with Gasteiger partial charge in [-0.3, -0.25) is 14.2 Å². The van der Waals surface area contributed by atoms with E-state index >= 15 is 0 Å². The average Bonchev–Trinajstić information content (AvgIpc) is 2.88. The fraction of sp³-hybridized carbons (Fsp3) is 0.118. The Hall–Kier alpha value is -2.95. The number of carbonyl (C=O) groups excluding carboxylic acids is 1. The second-order valence-corrected chi connectivity index (χ2v) is 5.03. The Kier molecular flexibility index (Phi) is 2.63. The average molecular weight is 292 g/mol. The summed E-state index contributed by atoms with van der Waals surface area (Å²) in [5, 5.41) is 1.57. The molecule has 0 aliphatic heterocycles. The van der Waals surface area contributed by atoms with Crippen LogP contribution in [0.3, 0.4) is 0 Å². The van der Waals surface area contributed by atoms with Gasteiger partial charge in [0.05, 0.1) is 28.7 Å². The van der Waals surface area contributed by atoms with Crippen LogP contribution in [-0.4, -0.2) is 22.0 Å². The van der Waals surface area contributed by atoms with E-state index in [1.54, 1.807) is 17.4 Å². The fourth-order valence-electron chi connectivity index (χ4n) is 2.95. The summed E-state index contributed by atoms with van der Waals surface area (Å²) in [5.74, 6) is -0.425. The SMILES string of the molecule is CCOC(=O)c1cnc2ccc(=O)n3c4ccccc4c1c23. The quantitative estimate of drug-likeness (QED) is 0.533. The summed E-state index contributed by atoms with van der Waals surface area (Å²) >= 11 is 0. The van der Waals surface area contributed by atoms with Crippen LogP contribution in [0.15, 0.2) is 47.4 Å². The van der Waals surface area contributed by atoms with Crippen molar-refractivity contribution < 1.29 is 9.53 Å². The highest BCUT2D eigenvalue weighted by Crippen LogP contribution is 2.32. The summed E-state index contributed by atoms with van der Waals surface area (Å²) in [7, 11) is 0. The predicted octanol–water partition coefficient (Wildman–Crippen LogP) is 2.62. The van der Waals surface area contributed by atoms with Crippen molar-refractivity contribution in [3.8, 4) is 0 Å². The van der Waals surface area contributed by atoms with E-state index in [0.717, 1.165) is 16.3 Å². The molecule has 0 saturated carbocycles. The maximum absolute atomic E-state index is 12.3. The van der Waals surface area contributed by atoms with Crippen molar-refractivity contribution in [2.24, 2.45) is 0 Å². The van der Waals surface area contributed by atoms with Crippen LogP contribution in [0.25, 0.3) is 27.3 Å². The molecule has 4 rings (SSSR count). The third-order valence-electron chi connectivity index (χ3n) is 3.82. The van der Waals surface area contributed by atoms with Crippen LogP contribution in [-0.2, 0) is 4.74 Å². The molecule has 5 heteroatoms. The van der Waals surface area contributed by atoms with Gasteiger partial charge in [0.2, 0.25) is 0 Å². The molecule has 0 aliphatic carbocycles. The molecular weight excluding hydrogens is 280 g/mol. The van der Waals surface area contributed by atoms with Crippen LogP contribution in [0.4, 0.5) is 0 Å². The van der Waals surface area contributed by atoms with E-state index in [4.69, 9.17) is 4.74 Å². The molecule has 0 aliphatic rings. The van der Waals surface area contributed by atoms with Gasteiger partial charge < -0.3 is 4.74 Å². The molecule has 0 spiro atoms. The van der Waals surface area contributed by atoms with E-state index in [0.29, 0.717) is 23.2 Å². The standard InChI is InChI=1S/C17H12N2O3/c1-2-22-17(21)11-9-18-12-7-8-14(20)19-13-6-4-3-5-10(13)15(11)16(12)19/h3-9H,2H2,1H3. The molecule has 0 radical (unpaired) electrons. The molecule has 0 fully saturated rings. The summed E-state index contributed by atoms with van der Waals surface area (Å²) in [6.07, 6.45) is 1.52. The minimum atomic E-state index is -0.425. The van der Waals surface area contributed by atoms with E-state index < -0.39 is 5.97 Å². The summed E-state index contributed by atoms with van der Waals surface area (Å²) < 4.78 is 6.73. The van der Waals surface area contributed by atoms with E-state index in [1.165, 1.54) is 12.3 Å². The van der Waals surface area contributed by atoms with E-state index in [-0.39, 0.29) is 5.56 Å². The number of hydrogen-bond acceptors (Lipinski definition) is 4. The largest absolute Gasteiger partial charge is 0.462 e. The Labute approximate surface area is 125 Å². The van der Waals surface area contributed by atoms with Gasteiger partial charge in [0, 0.05) is 23.0 Å². The van der Waals surface area contributed by atoms with E-state index in [9.17, 15) is 9.59 Å². The number of aromatic nitrogens is 2. The number of fused-ring (bicyclic) bond motifs is 3. The lowest BCUT2D eigenvalue weighted by Crippen LogP contribution is -2.11. The number of nitrogens with zero attached hydrogens (tertiary/aromatic N) is 2. The Morgan fingerprint density at radius 1 is 1.23 bits per heavy atom. The second kappa shape index (κ2) is 4.53. The minimum Gasteiger partial charge on any atom is -0.462 e. The molecule has 0 unspecified atom stereocenters. The van der Waals surface area contributed by atoms with Crippen molar-refractivity contribution in [2.75, 3.05) is 6.61 Å². The highest BCUT2D eigenvalue weighted by molar-refractivity contribution is 6.20.